The number of rotatable bonds is 4. The molecule has 0 fully saturated rings. The van der Waals surface area contributed by atoms with Gasteiger partial charge in [-0.1, -0.05) is 12.1 Å². The van der Waals surface area contributed by atoms with Crippen molar-refractivity contribution in [3.63, 3.8) is 0 Å². The van der Waals surface area contributed by atoms with Crippen molar-refractivity contribution in [1.29, 1.82) is 0 Å². The van der Waals surface area contributed by atoms with Crippen molar-refractivity contribution in [3.05, 3.63) is 64.9 Å². The molecule has 1 N–H and O–H groups in total. The second-order valence-corrected chi connectivity index (χ2v) is 6.68. The van der Waals surface area contributed by atoms with Crippen LogP contribution in [-0.4, -0.2) is 24.6 Å². The number of methoxy groups -OCH3 is 1. The molecule has 0 saturated heterocycles. The summed E-state index contributed by atoms with van der Waals surface area (Å²) in [6, 6.07) is 11.5. The van der Waals surface area contributed by atoms with Crippen LogP contribution in [-0.2, 0) is 4.79 Å². The number of aromatic nitrogens is 1. The smallest absolute Gasteiger partial charge is 0.255 e. The van der Waals surface area contributed by atoms with Gasteiger partial charge in [0.15, 0.2) is 11.5 Å². The standard InChI is InChI=1S/C20H15FN2O3S/c1-25-16-4-2-3-13-9-14(10-26-18(13)16)19(24)23-20-17(22-11-27-20)12-5-7-15(21)8-6-12/h2-9,11H,10H2,1H3,(H,23,24). The number of nitrogens with zero attached hydrogens (tertiary/aromatic N) is 1. The Hall–Kier alpha value is -3.19. The van der Waals surface area contributed by atoms with Crippen molar-refractivity contribution >= 4 is 28.3 Å². The van der Waals surface area contributed by atoms with Gasteiger partial charge in [-0.2, -0.15) is 0 Å². The van der Waals surface area contributed by atoms with Gasteiger partial charge in [0.25, 0.3) is 5.91 Å². The topological polar surface area (TPSA) is 60.5 Å². The molecule has 1 aromatic heterocycles. The molecule has 0 atom stereocenters. The second kappa shape index (κ2) is 7.20. The molecule has 5 nitrogen and oxygen atoms in total. The predicted molar refractivity (Wildman–Crippen MR) is 103 cm³/mol. The molecule has 1 amide bonds. The van der Waals surface area contributed by atoms with Crippen molar-refractivity contribution in [2.24, 2.45) is 0 Å². The maximum absolute atomic E-state index is 13.1. The summed E-state index contributed by atoms with van der Waals surface area (Å²) in [5.74, 6) is 0.667. The molecule has 0 spiro atoms. The van der Waals surface area contributed by atoms with Gasteiger partial charge in [0.1, 0.15) is 23.1 Å². The van der Waals surface area contributed by atoms with Gasteiger partial charge < -0.3 is 14.8 Å². The van der Waals surface area contributed by atoms with Crippen molar-refractivity contribution in [1.82, 2.24) is 4.98 Å². The highest BCUT2D eigenvalue weighted by atomic mass is 32.1. The quantitative estimate of drug-likeness (QED) is 0.728. The fourth-order valence-electron chi connectivity index (χ4n) is 2.80. The van der Waals surface area contributed by atoms with E-state index in [-0.39, 0.29) is 18.3 Å². The van der Waals surface area contributed by atoms with Crippen LogP contribution < -0.4 is 14.8 Å². The lowest BCUT2D eigenvalue weighted by molar-refractivity contribution is -0.113. The zero-order valence-corrected chi connectivity index (χ0v) is 15.2. The number of para-hydroxylation sites is 1. The van der Waals surface area contributed by atoms with Crippen LogP contribution in [0, 0.1) is 5.82 Å². The van der Waals surface area contributed by atoms with Crippen LogP contribution in [0.5, 0.6) is 11.5 Å². The number of fused-ring (bicyclic) bond motifs is 1. The van der Waals surface area contributed by atoms with Crippen molar-refractivity contribution in [2.45, 2.75) is 0 Å². The van der Waals surface area contributed by atoms with Crippen LogP contribution in [0.25, 0.3) is 17.3 Å². The van der Waals surface area contributed by atoms with E-state index < -0.39 is 0 Å². The molecular weight excluding hydrogens is 367 g/mol. The average Bonchev–Trinajstić information content (AvgIpc) is 3.15. The SMILES string of the molecule is COc1cccc2c1OCC(C(=O)Nc1scnc1-c1ccc(F)cc1)=C2. The lowest BCUT2D eigenvalue weighted by Crippen LogP contribution is -2.21. The second-order valence-electron chi connectivity index (χ2n) is 5.83. The van der Waals surface area contributed by atoms with Gasteiger partial charge in [0.05, 0.1) is 18.2 Å². The molecule has 7 heteroatoms. The summed E-state index contributed by atoms with van der Waals surface area (Å²) >= 11 is 1.31. The molecule has 2 heterocycles. The lowest BCUT2D eigenvalue weighted by Gasteiger charge is -2.19. The molecule has 1 aliphatic rings. The molecule has 1 aliphatic heterocycles. The summed E-state index contributed by atoms with van der Waals surface area (Å²) < 4.78 is 24.1. The summed E-state index contributed by atoms with van der Waals surface area (Å²) in [5, 5.41) is 3.48. The molecule has 3 aromatic rings. The zero-order valence-electron chi connectivity index (χ0n) is 14.4. The summed E-state index contributed by atoms with van der Waals surface area (Å²) in [4.78, 5) is 17.0. The van der Waals surface area contributed by atoms with Gasteiger partial charge in [-0.25, -0.2) is 9.37 Å². The average molecular weight is 382 g/mol. The molecule has 0 aliphatic carbocycles. The molecule has 0 bridgehead atoms. The number of ether oxygens (including phenoxy) is 2. The number of thiazole rings is 1. The number of hydrogen-bond acceptors (Lipinski definition) is 5. The number of halogens is 1. The molecular formula is C20H15FN2O3S. The molecule has 0 radical (unpaired) electrons. The normalized spacial score (nSPS) is 12.6. The van der Waals surface area contributed by atoms with Crippen LogP contribution in [0.1, 0.15) is 5.56 Å². The summed E-state index contributed by atoms with van der Waals surface area (Å²) in [6.45, 7) is 0.143. The predicted octanol–water partition coefficient (Wildman–Crippen LogP) is 4.37. The van der Waals surface area contributed by atoms with E-state index in [0.29, 0.717) is 27.8 Å². The third-order valence-electron chi connectivity index (χ3n) is 4.13. The third kappa shape index (κ3) is 3.41. The van der Waals surface area contributed by atoms with E-state index in [1.54, 1.807) is 30.8 Å². The van der Waals surface area contributed by atoms with E-state index in [0.717, 1.165) is 11.1 Å². The van der Waals surface area contributed by atoms with Gasteiger partial charge in [-0.05, 0) is 36.4 Å². The number of carbonyl (C=O) groups excluding carboxylic acids is 1. The summed E-state index contributed by atoms with van der Waals surface area (Å²) in [6.07, 6.45) is 1.79. The van der Waals surface area contributed by atoms with Gasteiger partial charge >= 0.3 is 0 Å². The van der Waals surface area contributed by atoms with Crippen molar-refractivity contribution in [2.75, 3.05) is 19.0 Å². The first kappa shape index (κ1) is 17.2. The first-order valence-electron chi connectivity index (χ1n) is 8.17. The zero-order chi connectivity index (χ0) is 18.8. The summed E-state index contributed by atoms with van der Waals surface area (Å²) in [5.41, 5.74) is 4.26. The monoisotopic (exact) mass is 382 g/mol. The van der Waals surface area contributed by atoms with E-state index >= 15 is 0 Å². The van der Waals surface area contributed by atoms with Crippen molar-refractivity contribution in [3.8, 4) is 22.8 Å². The highest BCUT2D eigenvalue weighted by Crippen LogP contribution is 2.36. The number of carbonyl (C=O) groups is 1. The maximum atomic E-state index is 13.1. The van der Waals surface area contributed by atoms with E-state index in [2.05, 4.69) is 10.3 Å². The highest BCUT2D eigenvalue weighted by molar-refractivity contribution is 7.14. The Morgan fingerprint density at radius 1 is 1.26 bits per heavy atom. The minimum atomic E-state index is -0.321. The van der Waals surface area contributed by atoms with Crippen LogP contribution in [0.2, 0.25) is 0 Å². The van der Waals surface area contributed by atoms with Crippen LogP contribution >= 0.6 is 11.3 Å². The molecule has 27 heavy (non-hydrogen) atoms. The fraction of sp³-hybridized carbons (Fsp3) is 0.100. The van der Waals surface area contributed by atoms with E-state index in [1.165, 1.54) is 23.5 Å². The van der Waals surface area contributed by atoms with Crippen molar-refractivity contribution < 1.29 is 18.7 Å². The fourth-order valence-corrected chi connectivity index (χ4v) is 3.50. The Kier molecular flexibility index (Phi) is 4.60. The number of benzene rings is 2. The molecule has 136 valence electrons. The Morgan fingerprint density at radius 3 is 2.85 bits per heavy atom. The summed E-state index contributed by atoms with van der Waals surface area (Å²) in [7, 11) is 1.58. The van der Waals surface area contributed by atoms with Gasteiger partial charge in [-0.3, -0.25) is 4.79 Å². The number of hydrogen-bond donors (Lipinski definition) is 1. The molecule has 4 rings (SSSR count). The van der Waals surface area contributed by atoms with E-state index in [1.807, 2.05) is 18.2 Å². The third-order valence-corrected chi connectivity index (χ3v) is 4.88. The Balaban J connectivity index is 1.58. The first-order chi connectivity index (χ1) is 13.2. The Bertz CT molecular complexity index is 1030. The van der Waals surface area contributed by atoms with E-state index in [9.17, 15) is 9.18 Å². The van der Waals surface area contributed by atoms with Gasteiger partial charge in [0.2, 0.25) is 0 Å². The number of anilines is 1. The number of amides is 1. The highest BCUT2D eigenvalue weighted by Gasteiger charge is 2.21. The van der Waals surface area contributed by atoms with E-state index in [4.69, 9.17) is 9.47 Å². The van der Waals surface area contributed by atoms with Crippen LogP contribution in [0.15, 0.2) is 53.5 Å². The minimum Gasteiger partial charge on any atom is -0.493 e. The van der Waals surface area contributed by atoms with Gasteiger partial charge in [-0.15, -0.1) is 11.3 Å². The number of nitrogens with one attached hydrogen (secondary N) is 1. The Morgan fingerprint density at radius 2 is 2.07 bits per heavy atom. The molecule has 0 unspecified atom stereocenters. The molecule has 2 aromatic carbocycles. The Labute approximate surface area is 159 Å². The van der Waals surface area contributed by atoms with Gasteiger partial charge in [0, 0.05) is 11.1 Å². The first-order valence-corrected chi connectivity index (χ1v) is 9.05. The lowest BCUT2D eigenvalue weighted by atomic mass is 10.1. The minimum absolute atomic E-state index is 0.143. The molecule has 0 saturated carbocycles. The maximum Gasteiger partial charge on any atom is 0.255 e. The van der Waals surface area contributed by atoms with Crippen LogP contribution in [0.4, 0.5) is 9.39 Å². The largest absolute Gasteiger partial charge is 0.493 e. The van der Waals surface area contributed by atoms with Crippen LogP contribution in [0.3, 0.4) is 0 Å².